The third kappa shape index (κ3) is 17.9. The summed E-state index contributed by atoms with van der Waals surface area (Å²) < 4.78 is 0. The van der Waals surface area contributed by atoms with Gasteiger partial charge in [0.15, 0.2) is 5.96 Å². The molecule has 358 valence electrons. The summed E-state index contributed by atoms with van der Waals surface area (Å²) in [5.74, 6) is -9.53. The molecule has 3 aromatic rings. The zero-order valence-electron chi connectivity index (χ0n) is 36.7. The molecule has 0 saturated heterocycles. The minimum absolute atomic E-state index is 0.0233. The highest BCUT2D eigenvalue weighted by Gasteiger charge is 2.34. The van der Waals surface area contributed by atoms with E-state index in [4.69, 9.17) is 22.9 Å². The predicted molar refractivity (Wildman–Crippen MR) is 240 cm³/mol. The Hall–Kier alpha value is -7.56. The zero-order valence-corrected chi connectivity index (χ0v) is 36.7. The van der Waals surface area contributed by atoms with E-state index in [1.807, 2.05) is 0 Å². The third-order valence-electron chi connectivity index (χ3n) is 10.2. The molecule has 23 nitrogen and oxygen atoms in total. The maximum Gasteiger partial charge on any atom is 0.326 e. The largest absolute Gasteiger partial charge is 0.481 e. The van der Waals surface area contributed by atoms with Crippen LogP contribution in [0, 0.1) is 5.92 Å². The number of aromatic amines is 1. The summed E-state index contributed by atoms with van der Waals surface area (Å²) in [5, 5.41) is 34.7. The highest BCUT2D eigenvalue weighted by atomic mass is 16.4. The van der Waals surface area contributed by atoms with Crippen molar-refractivity contribution in [1.29, 1.82) is 0 Å². The lowest BCUT2D eigenvalue weighted by molar-refractivity contribution is -0.142. The molecule has 2 aromatic carbocycles. The number of primary amides is 1. The van der Waals surface area contributed by atoms with Crippen LogP contribution >= 0.6 is 0 Å². The number of para-hydroxylation sites is 1. The molecule has 0 fully saturated rings. The fraction of sp³-hybridized carbons (Fsp3) is 0.442. The fourth-order valence-electron chi connectivity index (χ4n) is 6.68. The molecule has 66 heavy (non-hydrogen) atoms. The molecule has 1 heterocycles. The first kappa shape index (κ1) is 52.8. The van der Waals surface area contributed by atoms with Crippen LogP contribution in [0.5, 0.6) is 0 Å². The number of aromatic nitrogens is 1. The Balaban J connectivity index is 1.81. The minimum atomic E-state index is -1.58. The summed E-state index contributed by atoms with van der Waals surface area (Å²) >= 11 is 0. The Morgan fingerprint density at radius 1 is 0.667 bits per heavy atom. The molecule has 0 aliphatic carbocycles. The number of benzene rings is 2. The lowest BCUT2D eigenvalue weighted by Crippen LogP contribution is -2.60. The van der Waals surface area contributed by atoms with Gasteiger partial charge < -0.3 is 70.0 Å². The van der Waals surface area contributed by atoms with Gasteiger partial charge in [-0.15, -0.1) is 0 Å². The SMILES string of the molecule is CC(C)C(NC(=O)C(CCC(=O)O)NC(=O)C(CCC(N)=O)NC(=O)C(N)Cc1ccccc1)C(=O)NC(Cc1c[nH]c2ccccc12)C(=O)NCC(=O)NC(CCCN=C(N)N)C(=O)O. The van der Waals surface area contributed by atoms with Gasteiger partial charge >= 0.3 is 11.9 Å². The molecule has 23 heteroatoms. The zero-order chi connectivity index (χ0) is 48.9. The number of hydrogen-bond donors (Lipinski definition) is 13. The number of aliphatic carboxylic acids is 2. The first-order valence-electron chi connectivity index (χ1n) is 21.2. The molecule has 1 aromatic heterocycles. The molecule has 0 spiro atoms. The molecular weight excluding hydrogens is 861 g/mol. The number of nitrogens with one attached hydrogen (secondary N) is 7. The van der Waals surface area contributed by atoms with Crippen molar-refractivity contribution in [2.24, 2.45) is 33.8 Å². The van der Waals surface area contributed by atoms with Crippen LogP contribution in [0.25, 0.3) is 10.9 Å². The standard InChI is InChI=1S/C43H60N12O11/c1-23(2)36(55-40(63)30(15-17-35(58)59)53-39(62)29(14-16-33(45)56)52-37(60)27(44)19-24-9-4-3-5-10-24)41(64)54-32(20-25-21-49-28-12-7-6-11-26(25)28)38(61)50-22-34(57)51-31(42(65)66)13-8-18-48-43(46)47/h3-7,9-12,21,23,27,29-32,36,49H,8,13-20,22,44H2,1-2H3,(H2,45,56)(H,50,61)(H,51,57)(H,52,60)(H,53,62)(H,54,64)(H,55,63)(H,58,59)(H,65,66)(H4,46,47,48). The highest BCUT2D eigenvalue weighted by Crippen LogP contribution is 2.20. The number of fused-ring (bicyclic) bond motifs is 1. The van der Waals surface area contributed by atoms with Crippen LogP contribution in [-0.4, -0.2) is 124 Å². The Kier molecular flexibility index (Phi) is 21.0. The summed E-state index contributed by atoms with van der Waals surface area (Å²) in [4.78, 5) is 123. The van der Waals surface area contributed by atoms with Crippen molar-refractivity contribution in [3.63, 3.8) is 0 Å². The van der Waals surface area contributed by atoms with Crippen molar-refractivity contribution >= 4 is 70.2 Å². The number of carbonyl (C=O) groups is 9. The normalized spacial score (nSPS) is 13.7. The molecule has 6 atom stereocenters. The molecule has 6 unspecified atom stereocenters. The average Bonchev–Trinajstić information content (AvgIpc) is 3.67. The van der Waals surface area contributed by atoms with Crippen LogP contribution in [0.1, 0.15) is 63.5 Å². The second kappa shape index (κ2) is 26.3. The van der Waals surface area contributed by atoms with Crippen LogP contribution in [0.2, 0.25) is 0 Å². The van der Waals surface area contributed by atoms with Gasteiger partial charge in [0, 0.05) is 42.9 Å². The first-order valence-corrected chi connectivity index (χ1v) is 21.2. The lowest BCUT2D eigenvalue weighted by atomic mass is 9.99. The second-order valence-corrected chi connectivity index (χ2v) is 15.8. The summed E-state index contributed by atoms with van der Waals surface area (Å²) in [6.45, 7) is 2.61. The van der Waals surface area contributed by atoms with Crippen molar-refractivity contribution in [3.8, 4) is 0 Å². The summed E-state index contributed by atoms with van der Waals surface area (Å²) in [6.07, 6.45) is 0.111. The Labute approximate surface area is 380 Å². The van der Waals surface area contributed by atoms with Crippen molar-refractivity contribution in [2.45, 2.75) is 101 Å². The first-order chi connectivity index (χ1) is 31.2. The summed E-state index contributed by atoms with van der Waals surface area (Å²) in [7, 11) is 0. The number of H-pyrrole nitrogens is 1. The van der Waals surface area contributed by atoms with E-state index in [0.29, 0.717) is 5.56 Å². The topological polar surface area (TPSA) is 398 Å². The van der Waals surface area contributed by atoms with Crippen molar-refractivity contribution in [1.82, 2.24) is 36.9 Å². The van der Waals surface area contributed by atoms with Gasteiger partial charge in [0.1, 0.15) is 30.2 Å². The number of carboxylic acid groups (broad SMARTS) is 2. The monoisotopic (exact) mass is 920 g/mol. The number of guanidine groups is 1. The van der Waals surface area contributed by atoms with E-state index in [-0.39, 0.29) is 51.0 Å². The van der Waals surface area contributed by atoms with E-state index in [1.54, 1.807) is 74.6 Å². The van der Waals surface area contributed by atoms with E-state index in [1.165, 1.54) is 0 Å². The molecule has 0 bridgehead atoms. The van der Waals surface area contributed by atoms with E-state index < -0.39 is 115 Å². The van der Waals surface area contributed by atoms with Crippen molar-refractivity contribution < 1.29 is 53.4 Å². The summed E-state index contributed by atoms with van der Waals surface area (Å²) in [6, 6.07) is 7.73. The van der Waals surface area contributed by atoms with Gasteiger partial charge in [0.25, 0.3) is 0 Å². The van der Waals surface area contributed by atoms with Gasteiger partial charge in [-0.1, -0.05) is 62.4 Å². The van der Waals surface area contributed by atoms with Gasteiger partial charge in [-0.05, 0) is 55.2 Å². The Morgan fingerprint density at radius 3 is 1.89 bits per heavy atom. The van der Waals surface area contributed by atoms with Crippen molar-refractivity contribution in [3.05, 3.63) is 71.9 Å². The second-order valence-electron chi connectivity index (χ2n) is 15.8. The van der Waals surface area contributed by atoms with Gasteiger partial charge in [0.2, 0.25) is 41.4 Å². The minimum Gasteiger partial charge on any atom is -0.481 e. The molecule has 3 rings (SSSR count). The number of carbonyl (C=O) groups excluding carboxylic acids is 7. The average molecular weight is 921 g/mol. The molecular formula is C43H60N12O11. The maximum absolute atomic E-state index is 14.1. The predicted octanol–water partition coefficient (Wildman–Crippen LogP) is -2.25. The number of amides is 7. The van der Waals surface area contributed by atoms with Crippen LogP contribution in [0.15, 0.2) is 65.8 Å². The number of carboxylic acids is 2. The van der Waals surface area contributed by atoms with Crippen LogP contribution < -0.4 is 54.8 Å². The highest BCUT2D eigenvalue weighted by molar-refractivity contribution is 5.97. The molecule has 0 aliphatic rings. The van der Waals surface area contributed by atoms with Crippen LogP contribution in [-0.2, 0) is 56.0 Å². The quantitative estimate of drug-likeness (QED) is 0.0208. The Bertz CT molecular complexity index is 2210. The molecule has 0 radical (unpaired) electrons. The summed E-state index contributed by atoms with van der Waals surface area (Å²) in [5.41, 5.74) is 24.1. The molecule has 0 saturated carbocycles. The van der Waals surface area contributed by atoms with E-state index in [9.17, 15) is 53.4 Å². The van der Waals surface area contributed by atoms with Crippen molar-refractivity contribution in [2.75, 3.05) is 13.1 Å². The van der Waals surface area contributed by atoms with E-state index >= 15 is 0 Å². The number of aliphatic imine (C=N–C) groups is 1. The Morgan fingerprint density at radius 2 is 1.27 bits per heavy atom. The number of rotatable bonds is 28. The van der Waals surface area contributed by atoms with Gasteiger partial charge in [-0.2, -0.15) is 0 Å². The van der Waals surface area contributed by atoms with Gasteiger partial charge in [0.05, 0.1) is 12.6 Å². The van der Waals surface area contributed by atoms with E-state index in [0.717, 1.165) is 16.5 Å². The fourth-order valence-corrected chi connectivity index (χ4v) is 6.68. The van der Waals surface area contributed by atoms with Crippen LogP contribution in [0.3, 0.4) is 0 Å². The number of hydrogen-bond acceptors (Lipinski definition) is 11. The maximum atomic E-state index is 14.1. The third-order valence-corrected chi connectivity index (χ3v) is 10.2. The lowest BCUT2D eigenvalue weighted by Gasteiger charge is -2.28. The molecule has 7 amide bonds. The van der Waals surface area contributed by atoms with E-state index in [2.05, 4.69) is 41.9 Å². The van der Waals surface area contributed by atoms with Gasteiger partial charge in [-0.3, -0.25) is 43.3 Å². The smallest absolute Gasteiger partial charge is 0.326 e. The van der Waals surface area contributed by atoms with Gasteiger partial charge in [-0.25, -0.2) is 4.79 Å². The van der Waals surface area contributed by atoms with Crippen LogP contribution in [0.4, 0.5) is 0 Å². The molecule has 0 aliphatic heterocycles. The number of nitrogens with two attached hydrogens (primary N) is 4. The molecule has 17 N–H and O–H groups in total. The number of nitrogens with zero attached hydrogens (tertiary/aromatic N) is 1.